The van der Waals surface area contributed by atoms with Crippen LogP contribution in [0.4, 0.5) is 13.2 Å². The quantitative estimate of drug-likeness (QED) is 0.637. The number of aromatic amines is 1. The molecule has 0 bridgehead atoms. The van der Waals surface area contributed by atoms with E-state index in [9.17, 15) is 18.0 Å². The number of halogens is 4. The van der Waals surface area contributed by atoms with Crippen LogP contribution in [-0.2, 0) is 6.42 Å². The molecule has 1 aromatic heterocycles. The van der Waals surface area contributed by atoms with Gasteiger partial charge in [-0.1, -0.05) is 23.7 Å². The highest BCUT2D eigenvalue weighted by molar-refractivity contribution is 6.33. The Bertz CT molecular complexity index is 983. The van der Waals surface area contributed by atoms with Crippen molar-refractivity contribution in [1.82, 2.24) is 10.3 Å². The second kappa shape index (κ2) is 7.52. The summed E-state index contributed by atoms with van der Waals surface area (Å²) in [5.41, 5.74) is 2.71. The molecule has 8 heteroatoms. The van der Waals surface area contributed by atoms with E-state index in [4.69, 9.17) is 11.6 Å². The molecular weight excluding hydrogens is 381 g/mol. The Morgan fingerprint density at radius 3 is 2.67 bits per heavy atom. The van der Waals surface area contributed by atoms with E-state index in [1.807, 2.05) is 6.92 Å². The number of alkyl halides is 3. The van der Waals surface area contributed by atoms with Crippen molar-refractivity contribution in [2.75, 3.05) is 6.54 Å². The van der Waals surface area contributed by atoms with E-state index in [1.165, 1.54) is 18.2 Å². The van der Waals surface area contributed by atoms with Gasteiger partial charge in [0.05, 0.1) is 10.6 Å². The minimum atomic E-state index is -4.75. The van der Waals surface area contributed by atoms with E-state index in [2.05, 4.69) is 15.0 Å². The van der Waals surface area contributed by atoms with Gasteiger partial charge in [0.25, 0.3) is 5.91 Å². The number of hydrogen-bond acceptors (Lipinski definition) is 2. The number of aromatic nitrogens is 1. The summed E-state index contributed by atoms with van der Waals surface area (Å²) >= 11 is 6.00. The number of fused-ring (bicyclic) bond motifs is 1. The molecule has 0 fully saturated rings. The molecule has 4 nitrogen and oxygen atoms in total. The molecule has 1 amide bonds. The van der Waals surface area contributed by atoms with Gasteiger partial charge in [0.2, 0.25) is 0 Å². The third-order valence-corrected chi connectivity index (χ3v) is 4.43. The Morgan fingerprint density at radius 2 is 1.96 bits per heavy atom. The van der Waals surface area contributed by atoms with Crippen LogP contribution in [0.3, 0.4) is 0 Å². The normalized spacial score (nSPS) is 11.6. The first-order valence-corrected chi connectivity index (χ1v) is 8.52. The highest BCUT2D eigenvalue weighted by atomic mass is 35.5. The van der Waals surface area contributed by atoms with Gasteiger partial charge in [-0.05, 0) is 49.2 Å². The summed E-state index contributed by atoms with van der Waals surface area (Å²) in [5.74, 6) is -0.588. The Hall–Kier alpha value is -2.67. The number of hydrogen-bond donors (Lipinski definition) is 2. The van der Waals surface area contributed by atoms with Crippen molar-refractivity contribution in [2.45, 2.75) is 19.7 Å². The second-order valence-electron chi connectivity index (χ2n) is 5.97. The molecule has 2 aromatic carbocycles. The standard InChI is InChI=1S/C19H16ClF3N2O2/c1-11-13(8-9-24-18(26)14-4-2-3-5-16(14)20)15-10-12(27-19(21,22)23)6-7-17(15)25-11/h2-7,10,25H,8-9H2,1H3,(H,24,26). The van der Waals surface area contributed by atoms with Gasteiger partial charge < -0.3 is 15.0 Å². The minimum Gasteiger partial charge on any atom is -0.406 e. The largest absolute Gasteiger partial charge is 0.573 e. The number of carbonyl (C=O) groups is 1. The fourth-order valence-electron chi connectivity index (χ4n) is 2.92. The van der Waals surface area contributed by atoms with Crippen LogP contribution in [0, 0.1) is 6.92 Å². The monoisotopic (exact) mass is 396 g/mol. The van der Waals surface area contributed by atoms with Gasteiger partial charge in [0.1, 0.15) is 5.75 Å². The smallest absolute Gasteiger partial charge is 0.406 e. The highest BCUT2D eigenvalue weighted by Crippen LogP contribution is 2.29. The zero-order valence-electron chi connectivity index (χ0n) is 14.3. The van der Waals surface area contributed by atoms with E-state index < -0.39 is 6.36 Å². The van der Waals surface area contributed by atoms with E-state index in [-0.39, 0.29) is 11.7 Å². The van der Waals surface area contributed by atoms with E-state index >= 15 is 0 Å². The van der Waals surface area contributed by atoms with Gasteiger partial charge >= 0.3 is 6.36 Å². The van der Waals surface area contributed by atoms with Gasteiger partial charge in [-0.2, -0.15) is 0 Å². The molecule has 142 valence electrons. The van der Waals surface area contributed by atoms with Gasteiger partial charge in [0.15, 0.2) is 0 Å². The first-order chi connectivity index (χ1) is 12.7. The molecule has 0 atom stereocenters. The molecule has 0 spiro atoms. The van der Waals surface area contributed by atoms with E-state index in [1.54, 1.807) is 24.3 Å². The van der Waals surface area contributed by atoms with Crippen LogP contribution in [0.15, 0.2) is 42.5 Å². The summed E-state index contributed by atoms with van der Waals surface area (Å²) in [6, 6.07) is 10.8. The summed E-state index contributed by atoms with van der Waals surface area (Å²) in [4.78, 5) is 15.3. The summed E-state index contributed by atoms with van der Waals surface area (Å²) in [6.45, 7) is 2.14. The maximum Gasteiger partial charge on any atom is 0.573 e. The van der Waals surface area contributed by atoms with Crippen LogP contribution in [0.2, 0.25) is 5.02 Å². The molecule has 27 heavy (non-hydrogen) atoms. The first kappa shape index (κ1) is 19.1. The van der Waals surface area contributed by atoms with Crippen LogP contribution in [0.1, 0.15) is 21.6 Å². The molecule has 0 radical (unpaired) electrons. The van der Waals surface area contributed by atoms with Crippen LogP contribution in [0.25, 0.3) is 10.9 Å². The Balaban J connectivity index is 1.74. The Morgan fingerprint density at radius 1 is 1.22 bits per heavy atom. The molecule has 2 N–H and O–H groups in total. The number of nitrogens with one attached hydrogen (secondary N) is 2. The van der Waals surface area contributed by atoms with Crippen LogP contribution in [-0.4, -0.2) is 23.8 Å². The van der Waals surface area contributed by atoms with Crippen LogP contribution < -0.4 is 10.1 Å². The number of ether oxygens (including phenoxy) is 1. The van der Waals surface area contributed by atoms with Crippen molar-refractivity contribution < 1.29 is 22.7 Å². The molecule has 0 saturated heterocycles. The lowest BCUT2D eigenvalue weighted by Gasteiger charge is -2.09. The molecule has 0 unspecified atom stereocenters. The topological polar surface area (TPSA) is 54.1 Å². The van der Waals surface area contributed by atoms with Crippen molar-refractivity contribution >= 4 is 28.4 Å². The second-order valence-corrected chi connectivity index (χ2v) is 6.38. The van der Waals surface area contributed by atoms with Crippen molar-refractivity contribution in [2.24, 2.45) is 0 Å². The van der Waals surface area contributed by atoms with Gasteiger partial charge in [-0.25, -0.2) is 0 Å². The van der Waals surface area contributed by atoms with E-state index in [0.29, 0.717) is 34.5 Å². The SMILES string of the molecule is Cc1[nH]c2ccc(OC(F)(F)F)cc2c1CCNC(=O)c1ccccc1Cl. The predicted molar refractivity (Wildman–Crippen MR) is 97.2 cm³/mol. The molecule has 0 saturated carbocycles. The molecular formula is C19H16ClF3N2O2. The van der Waals surface area contributed by atoms with Crippen LogP contribution >= 0.6 is 11.6 Å². The summed E-state index contributed by atoms with van der Waals surface area (Å²) < 4.78 is 41.3. The average molecular weight is 397 g/mol. The van der Waals surface area contributed by atoms with Crippen molar-refractivity contribution in [3.8, 4) is 5.75 Å². The van der Waals surface area contributed by atoms with Gasteiger partial charge in [0, 0.05) is 23.1 Å². The number of rotatable bonds is 5. The summed E-state index contributed by atoms with van der Waals surface area (Å²) in [7, 11) is 0. The predicted octanol–water partition coefficient (Wildman–Crippen LogP) is 5.00. The third kappa shape index (κ3) is 4.54. The fourth-order valence-corrected chi connectivity index (χ4v) is 3.14. The zero-order chi connectivity index (χ0) is 19.6. The minimum absolute atomic E-state index is 0.282. The maximum atomic E-state index is 12.4. The summed E-state index contributed by atoms with van der Waals surface area (Å²) in [5, 5.41) is 3.75. The number of aryl methyl sites for hydroxylation is 1. The van der Waals surface area contributed by atoms with Gasteiger partial charge in [-0.3, -0.25) is 4.79 Å². The van der Waals surface area contributed by atoms with Gasteiger partial charge in [-0.15, -0.1) is 13.2 Å². The third-order valence-electron chi connectivity index (χ3n) is 4.10. The lowest BCUT2D eigenvalue weighted by Crippen LogP contribution is -2.26. The number of benzene rings is 2. The molecule has 0 aliphatic heterocycles. The van der Waals surface area contributed by atoms with Crippen molar-refractivity contribution in [3.05, 3.63) is 64.3 Å². The van der Waals surface area contributed by atoms with Crippen molar-refractivity contribution in [1.29, 1.82) is 0 Å². The first-order valence-electron chi connectivity index (χ1n) is 8.14. The molecule has 1 heterocycles. The fraction of sp³-hybridized carbons (Fsp3) is 0.211. The molecule has 0 aliphatic rings. The molecule has 0 aliphatic carbocycles. The lowest BCUT2D eigenvalue weighted by molar-refractivity contribution is -0.274. The highest BCUT2D eigenvalue weighted by Gasteiger charge is 2.31. The molecule has 3 rings (SSSR count). The Kier molecular flexibility index (Phi) is 5.32. The molecule has 3 aromatic rings. The number of carbonyl (C=O) groups excluding carboxylic acids is 1. The van der Waals surface area contributed by atoms with Crippen molar-refractivity contribution in [3.63, 3.8) is 0 Å². The summed E-state index contributed by atoms with van der Waals surface area (Å²) in [6.07, 6.45) is -4.31. The number of amides is 1. The van der Waals surface area contributed by atoms with E-state index in [0.717, 1.165) is 11.3 Å². The average Bonchev–Trinajstić information content (AvgIpc) is 2.89. The lowest BCUT2D eigenvalue weighted by atomic mass is 10.1. The van der Waals surface area contributed by atoms with Crippen LogP contribution in [0.5, 0.6) is 5.75 Å². The zero-order valence-corrected chi connectivity index (χ0v) is 15.0. The maximum absolute atomic E-state index is 12.4. The Labute approximate surface area is 158 Å². The number of H-pyrrole nitrogens is 1.